The number of nitrogens with one attached hydrogen (secondary N) is 2. The van der Waals surface area contributed by atoms with Gasteiger partial charge in [0, 0.05) is 18.5 Å². The van der Waals surface area contributed by atoms with Crippen LogP contribution in [0.5, 0.6) is 0 Å². The van der Waals surface area contributed by atoms with Gasteiger partial charge in [-0.05, 0) is 25.2 Å². The largest absolute Gasteiger partial charge is 0.348 e. The second-order valence-corrected chi connectivity index (χ2v) is 5.02. The van der Waals surface area contributed by atoms with Crippen LogP contribution in [0, 0.1) is 5.92 Å². The van der Waals surface area contributed by atoms with Crippen molar-refractivity contribution in [2.45, 2.75) is 45.1 Å². The van der Waals surface area contributed by atoms with Gasteiger partial charge in [0.15, 0.2) is 0 Å². The highest BCUT2D eigenvalue weighted by atomic mass is 35.5. The standard InChI is InChI=1S/C12H21ClN2O2/c1-9-5-2-3-6-10(9)15-12(17)11(16)14-8-4-7-13/h9-10H,2-8H2,1H3,(H,14,16)(H,15,17). The van der Waals surface area contributed by atoms with Crippen molar-refractivity contribution in [2.24, 2.45) is 5.92 Å². The maximum atomic E-state index is 11.6. The van der Waals surface area contributed by atoms with Crippen molar-refractivity contribution in [2.75, 3.05) is 12.4 Å². The van der Waals surface area contributed by atoms with E-state index in [0.29, 0.717) is 24.8 Å². The van der Waals surface area contributed by atoms with Crippen molar-refractivity contribution < 1.29 is 9.59 Å². The van der Waals surface area contributed by atoms with Gasteiger partial charge in [-0.2, -0.15) is 0 Å². The average Bonchev–Trinajstić information content (AvgIpc) is 2.32. The fourth-order valence-electron chi connectivity index (χ4n) is 2.11. The molecule has 0 spiro atoms. The van der Waals surface area contributed by atoms with E-state index in [0.717, 1.165) is 19.3 Å². The lowest BCUT2D eigenvalue weighted by Crippen LogP contribution is -2.47. The molecule has 1 rings (SSSR count). The molecule has 0 aliphatic heterocycles. The number of rotatable bonds is 4. The quantitative estimate of drug-likeness (QED) is 0.456. The Balaban J connectivity index is 2.29. The Hall–Kier alpha value is -0.770. The van der Waals surface area contributed by atoms with Gasteiger partial charge in [0.1, 0.15) is 0 Å². The molecule has 2 N–H and O–H groups in total. The predicted octanol–water partition coefficient (Wildman–Crippen LogP) is 1.43. The Morgan fingerprint density at radius 2 is 1.94 bits per heavy atom. The van der Waals surface area contributed by atoms with Crippen molar-refractivity contribution >= 4 is 23.4 Å². The van der Waals surface area contributed by atoms with E-state index in [1.165, 1.54) is 6.42 Å². The zero-order valence-electron chi connectivity index (χ0n) is 10.3. The maximum absolute atomic E-state index is 11.6. The molecule has 0 aromatic rings. The smallest absolute Gasteiger partial charge is 0.309 e. The first-order valence-electron chi connectivity index (χ1n) is 6.29. The molecule has 0 heterocycles. The van der Waals surface area contributed by atoms with Crippen LogP contribution in [0.1, 0.15) is 39.0 Å². The first kappa shape index (κ1) is 14.3. The van der Waals surface area contributed by atoms with Crippen molar-refractivity contribution in [1.82, 2.24) is 10.6 Å². The van der Waals surface area contributed by atoms with E-state index in [1.54, 1.807) is 0 Å². The molecule has 0 saturated heterocycles. The third kappa shape index (κ3) is 4.94. The van der Waals surface area contributed by atoms with Crippen LogP contribution in [0.2, 0.25) is 0 Å². The van der Waals surface area contributed by atoms with Crippen LogP contribution in [0.4, 0.5) is 0 Å². The minimum Gasteiger partial charge on any atom is -0.348 e. The SMILES string of the molecule is CC1CCCCC1NC(=O)C(=O)NCCCCl. The van der Waals surface area contributed by atoms with Crippen LogP contribution in [-0.4, -0.2) is 30.3 Å². The second kappa shape index (κ2) is 7.54. The van der Waals surface area contributed by atoms with E-state index < -0.39 is 11.8 Å². The molecule has 1 aliphatic carbocycles. The monoisotopic (exact) mass is 260 g/mol. The molecule has 1 fully saturated rings. The zero-order valence-corrected chi connectivity index (χ0v) is 11.1. The molecule has 5 heteroatoms. The number of hydrogen-bond acceptors (Lipinski definition) is 2. The number of halogens is 1. The van der Waals surface area contributed by atoms with Gasteiger partial charge in [-0.15, -0.1) is 11.6 Å². The summed E-state index contributed by atoms with van der Waals surface area (Å²) < 4.78 is 0. The van der Waals surface area contributed by atoms with E-state index in [1.807, 2.05) is 0 Å². The molecule has 0 aromatic carbocycles. The highest BCUT2D eigenvalue weighted by Crippen LogP contribution is 2.23. The number of hydrogen-bond donors (Lipinski definition) is 2. The Morgan fingerprint density at radius 1 is 1.24 bits per heavy atom. The molecule has 2 atom stereocenters. The van der Waals surface area contributed by atoms with E-state index >= 15 is 0 Å². The molecule has 2 unspecified atom stereocenters. The lowest BCUT2D eigenvalue weighted by molar-refractivity contribution is -0.139. The van der Waals surface area contributed by atoms with E-state index in [4.69, 9.17) is 11.6 Å². The fraction of sp³-hybridized carbons (Fsp3) is 0.833. The van der Waals surface area contributed by atoms with E-state index in [2.05, 4.69) is 17.6 Å². The lowest BCUT2D eigenvalue weighted by Gasteiger charge is -2.29. The summed E-state index contributed by atoms with van der Waals surface area (Å²) in [6.45, 7) is 2.57. The Labute approximate surface area is 107 Å². The van der Waals surface area contributed by atoms with Gasteiger partial charge in [-0.3, -0.25) is 9.59 Å². The zero-order chi connectivity index (χ0) is 12.7. The summed E-state index contributed by atoms with van der Waals surface area (Å²) >= 11 is 5.49. The first-order valence-corrected chi connectivity index (χ1v) is 6.83. The van der Waals surface area contributed by atoms with Crippen LogP contribution in [0.3, 0.4) is 0 Å². The first-order chi connectivity index (χ1) is 8.15. The molecule has 0 radical (unpaired) electrons. The van der Waals surface area contributed by atoms with Crippen LogP contribution in [0.25, 0.3) is 0 Å². The Bertz CT molecular complexity index is 271. The number of amides is 2. The van der Waals surface area contributed by atoms with Gasteiger partial charge in [-0.25, -0.2) is 0 Å². The summed E-state index contributed by atoms with van der Waals surface area (Å²) in [6.07, 6.45) is 5.12. The van der Waals surface area contributed by atoms with Crippen molar-refractivity contribution in [3.63, 3.8) is 0 Å². The normalized spacial score (nSPS) is 24.1. The highest BCUT2D eigenvalue weighted by molar-refractivity contribution is 6.35. The number of carbonyl (C=O) groups is 2. The summed E-state index contributed by atoms with van der Waals surface area (Å²) in [4.78, 5) is 23.0. The molecule has 1 aliphatic rings. The molecule has 2 amide bonds. The Morgan fingerprint density at radius 3 is 2.59 bits per heavy atom. The minimum absolute atomic E-state index is 0.148. The number of carbonyl (C=O) groups excluding carboxylic acids is 2. The topological polar surface area (TPSA) is 58.2 Å². The van der Waals surface area contributed by atoms with Gasteiger partial charge >= 0.3 is 11.8 Å². The van der Waals surface area contributed by atoms with Crippen molar-refractivity contribution in [3.05, 3.63) is 0 Å². The Kier molecular flexibility index (Phi) is 6.34. The van der Waals surface area contributed by atoms with Crippen LogP contribution >= 0.6 is 11.6 Å². The van der Waals surface area contributed by atoms with Gasteiger partial charge < -0.3 is 10.6 Å². The molecule has 4 nitrogen and oxygen atoms in total. The summed E-state index contributed by atoms with van der Waals surface area (Å²) in [5.41, 5.74) is 0. The van der Waals surface area contributed by atoms with Crippen LogP contribution < -0.4 is 10.6 Å². The summed E-state index contributed by atoms with van der Waals surface area (Å²) in [6, 6.07) is 0.148. The molecular weight excluding hydrogens is 240 g/mol. The second-order valence-electron chi connectivity index (χ2n) is 4.64. The van der Waals surface area contributed by atoms with Gasteiger partial charge in [-0.1, -0.05) is 19.8 Å². The minimum atomic E-state index is -0.548. The van der Waals surface area contributed by atoms with Gasteiger partial charge in [0.2, 0.25) is 0 Å². The third-order valence-corrected chi connectivity index (χ3v) is 3.50. The lowest BCUT2D eigenvalue weighted by atomic mass is 9.86. The van der Waals surface area contributed by atoms with Gasteiger partial charge in [0.05, 0.1) is 0 Å². The average molecular weight is 261 g/mol. The fourth-order valence-corrected chi connectivity index (χ4v) is 2.25. The van der Waals surface area contributed by atoms with E-state index in [-0.39, 0.29) is 6.04 Å². The van der Waals surface area contributed by atoms with Crippen LogP contribution in [0.15, 0.2) is 0 Å². The molecule has 17 heavy (non-hydrogen) atoms. The molecule has 0 aromatic heterocycles. The highest BCUT2D eigenvalue weighted by Gasteiger charge is 2.25. The molecule has 0 bridgehead atoms. The third-order valence-electron chi connectivity index (χ3n) is 3.23. The molecule has 98 valence electrons. The molecule has 1 saturated carbocycles. The summed E-state index contributed by atoms with van der Waals surface area (Å²) in [5, 5.41) is 5.36. The van der Waals surface area contributed by atoms with E-state index in [9.17, 15) is 9.59 Å². The predicted molar refractivity (Wildman–Crippen MR) is 67.9 cm³/mol. The summed E-state index contributed by atoms with van der Waals surface area (Å²) in [7, 11) is 0. The van der Waals surface area contributed by atoms with Crippen molar-refractivity contribution in [1.29, 1.82) is 0 Å². The van der Waals surface area contributed by atoms with Crippen molar-refractivity contribution in [3.8, 4) is 0 Å². The maximum Gasteiger partial charge on any atom is 0.309 e. The summed E-state index contributed by atoms with van der Waals surface area (Å²) in [5.74, 6) is -0.115. The molecular formula is C12H21ClN2O2. The van der Waals surface area contributed by atoms with Crippen LogP contribution in [-0.2, 0) is 9.59 Å². The van der Waals surface area contributed by atoms with Gasteiger partial charge in [0.25, 0.3) is 0 Å². The number of alkyl halides is 1.